The molecule has 25 heavy (non-hydrogen) atoms. The molecule has 136 valence electrons. The highest BCUT2D eigenvalue weighted by Crippen LogP contribution is 2.26. The van der Waals surface area contributed by atoms with Gasteiger partial charge >= 0.3 is 0 Å². The highest BCUT2D eigenvalue weighted by Gasteiger charge is 2.13. The standard InChI is InChI=1S/C21H29ClN2O/c1-15(12-16-6-8-17(9-7-16)21(2,3)4)13-24-18-10-11-23-19(14-25-5)20(18)22/h6-11,15H,12-14H2,1-5H3,(H,23,24). The lowest BCUT2D eigenvalue weighted by Gasteiger charge is -2.20. The van der Waals surface area contributed by atoms with E-state index in [1.54, 1.807) is 13.3 Å². The third-order valence-electron chi connectivity index (χ3n) is 4.29. The third kappa shape index (κ3) is 5.72. The van der Waals surface area contributed by atoms with Crippen molar-refractivity contribution < 1.29 is 4.74 Å². The van der Waals surface area contributed by atoms with Crippen LogP contribution in [0.4, 0.5) is 5.69 Å². The van der Waals surface area contributed by atoms with E-state index in [4.69, 9.17) is 16.3 Å². The monoisotopic (exact) mass is 360 g/mol. The van der Waals surface area contributed by atoms with Crippen molar-refractivity contribution in [2.24, 2.45) is 5.92 Å². The number of hydrogen-bond donors (Lipinski definition) is 1. The van der Waals surface area contributed by atoms with Crippen molar-refractivity contribution in [1.29, 1.82) is 0 Å². The molecule has 0 spiro atoms. The number of rotatable bonds is 7. The second kappa shape index (κ2) is 8.68. The summed E-state index contributed by atoms with van der Waals surface area (Å²) in [4.78, 5) is 4.25. The van der Waals surface area contributed by atoms with E-state index in [1.807, 2.05) is 6.07 Å². The normalized spacial score (nSPS) is 12.9. The lowest BCUT2D eigenvalue weighted by atomic mass is 9.86. The van der Waals surface area contributed by atoms with E-state index in [0.29, 0.717) is 17.5 Å². The number of ether oxygens (including phenoxy) is 1. The Morgan fingerprint density at radius 2 is 1.84 bits per heavy atom. The minimum atomic E-state index is 0.198. The van der Waals surface area contributed by atoms with Gasteiger partial charge in [-0.3, -0.25) is 4.98 Å². The van der Waals surface area contributed by atoms with Gasteiger partial charge in [0.2, 0.25) is 0 Å². The first kappa shape index (κ1) is 19.7. The van der Waals surface area contributed by atoms with Crippen molar-refractivity contribution in [2.75, 3.05) is 19.0 Å². The molecule has 4 heteroatoms. The molecular formula is C21H29ClN2O. The lowest BCUT2D eigenvalue weighted by molar-refractivity contribution is 0.181. The number of hydrogen-bond acceptors (Lipinski definition) is 3. The maximum absolute atomic E-state index is 6.39. The van der Waals surface area contributed by atoms with Gasteiger partial charge in [0, 0.05) is 19.9 Å². The molecule has 1 aromatic carbocycles. The summed E-state index contributed by atoms with van der Waals surface area (Å²) in [5.74, 6) is 0.496. The number of aromatic nitrogens is 1. The van der Waals surface area contributed by atoms with E-state index in [9.17, 15) is 0 Å². The Kier molecular flexibility index (Phi) is 6.86. The smallest absolute Gasteiger partial charge is 0.0900 e. The Bertz CT molecular complexity index is 677. The zero-order chi connectivity index (χ0) is 18.4. The summed E-state index contributed by atoms with van der Waals surface area (Å²) in [6.07, 6.45) is 2.80. The quantitative estimate of drug-likeness (QED) is 0.710. The fraction of sp³-hybridized carbons (Fsp3) is 0.476. The van der Waals surface area contributed by atoms with Crippen LogP contribution in [0.2, 0.25) is 5.02 Å². The van der Waals surface area contributed by atoms with Crippen LogP contribution in [0.1, 0.15) is 44.5 Å². The van der Waals surface area contributed by atoms with Gasteiger partial charge in [0.05, 0.1) is 23.0 Å². The highest BCUT2D eigenvalue weighted by molar-refractivity contribution is 6.33. The van der Waals surface area contributed by atoms with Crippen LogP contribution in [-0.4, -0.2) is 18.6 Å². The van der Waals surface area contributed by atoms with E-state index >= 15 is 0 Å². The summed E-state index contributed by atoms with van der Waals surface area (Å²) >= 11 is 6.39. The van der Waals surface area contributed by atoms with Crippen LogP contribution < -0.4 is 5.32 Å². The second-order valence-electron chi connectivity index (χ2n) is 7.69. The number of halogens is 1. The number of anilines is 1. The van der Waals surface area contributed by atoms with Crippen molar-refractivity contribution >= 4 is 17.3 Å². The molecule has 0 amide bonds. The molecule has 0 aliphatic rings. The molecule has 0 saturated carbocycles. The number of benzene rings is 1. The number of nitrogens with zero attached hydrogens (tertiary/aromatic N) is 1. The van der Waals surface area contributed by atoms with Gasteiger partial charge in [0.25, 0.3) is 0 Å². The van der Waals surface area contributed by atoms with Crippen molar-refractivity contribution in [3.8, 4) is 0 Å². The Balaban J connectivity index is 1.93. The molecule has 2 aromatic rings. The number of pyridine rings is 1. The van der Waals surface area contributed by atoms with Crippen LogP contribution in [-0.2, 0) is 23.2 Å². The molecule has 1 unspecified atom stereocenters. The second-order valence-corrected chi connectivity index (χ2v) is 8.07. The summed E-state index contributed by atoms with van der Waals surface area (Å²) in [5.41, 5.74) is 4.61. The minimum Gasteiger partial charge on any atom is -0.383 e. The molecule has 1 aromatic heterocycles. The lowest BCUT2D eigenvalue weighted by Crippen LogP contribution is -2.15. The van der Waals surface area contributed by atoms with E-state index in [2.05, 4.69) is 62.3 Å². The molecule has 2 rings (SSSR count). The summed E-state index contributed by atoms with van der Waals surface area (Å²) in [5, 5.41) is 4.08. The maximum atomic E-state index is 6.39. The summed E-state index contributed by atoms with van der Waals surface area (Å²) in [6.45, 7) is 10.2. The van der Waals surface area contributed by atoms with Gasteiger partial charge in [-0.25, -0.2) is 0 Å². The third-order valence-corrected chi connectivity index (χ3v) is 4.71. The molecule has 1 N–H and O–H groups in total. The van der Waals surface area contributed by atoms with Crippen LogP contribution in [0.3, 0.4) is 0 Å². The molecule has 0 bridgehead atoms. The van der Waals surface area contributed by atoms with E-state index in [1.165, 1.54) is 11.1 Å². The summed E-state index contributed by atoms with van der Waals surface area (Å²) < 4.78 is 5.13. The summed E-state index contributed by atoms with van der Waals surface area (Å²) in [6, 6.07) is 10.9. The van der Waals surface area contributed by atoms with Gasteiger partial charge in [-0.05, 0) is 34.9 Å². The average molecular weight is 361 g/mol. The topological polar surface area (TPSA) is 34.1 Å². The first-order chi connectivity index (χ1) is 11.8. The zero-order valence-corrected chi connectivity index (χ0v) is 16.7. The van der Waals surface area contributed by atoms with Gasteiger partial charge in [0.15, 0.2) is 0 Å². The fourth-order valence-electron chi connectivity index (χ4n) is 2.76. The molecule has 1 heterocycles. The molecule has 0 radical (unpaired) electrons. The average Bonchev–Trinajstić information content (AvgIpc) is 2.55. The maximum Gasteiger partial charge on any atom is 0.0900 e. The molecular weight excluding hydrogens is 332 g/mol. The van der Waals surface area contributed by atoms with Crippen LogP contribution in [0, 0.1) is 5.92 Å². The van der Waals surface area contributed by atoms with Gasteiger partial charge in [-0.15, -0.1) is 0 Å². The van der Waals surface area contributed by atoms with E-state index in [0.717, 1.165) is 24.3 Å². The molecule has 3 nitrogen and oxygen atoms in total. The van der Waals surface area contributed by atoms with Gasteiger partial charge < -0.3 is 10.1 Å². The molecule has 0 saturated heterocycles. The van der Waals surface area contributed by atoms with Crippen LogP contribution in [0.15, 0.2) is 36.5 Å². The van der Waals surface area contributed by atoms with E-state index in [-0.39, 0.29) is 5.41 Å². The van der Waals surface area contributed by atoms with Gasteiger partial charge in [-0.2, -0.15) is 0 Å². The zero-order valence-electron chi connectivity index (χ0n) is 15.9. The van der Waals surface area contributed by atoms with Gasteiger partial charge in [0.1, 0.15) is 0 Å². The van der Waals surface area contributed by atoms with Gasteiger partial charge in [-0.1, -0.05) is 63.6 Å². The summed E-state index contributed by atoms with van der Waals surface area (Å²) in [7, 11) is 1.64. The fourth-order valence-corrected chi connectivity index (χ4v) is 2.99. The Labute approximate surface area is 156 Å². The van der Waals surface area contributed by atoms with Crippen LogP contribution in [0.5, 0.6) is 0 Å². The minimum absolute atomic E-state index is 0.198. The Morgan fingerprint density at radius 1 is 1.16 bits per heavy atom. The largest absolute Gasteiger partial charge is 0.383 e. The molecule has 1 atom stereocenters. The van der Waals surface area contributed by atoms with E-state index < -0.39 is 0 Å². The highest BCUT2D eigenvalue weighted by atomic mass is 35.5. The van der Waals surface area contributed by atoms with Crippen molar-refractivity contribution in [2.45, 2.75) is 46.1 Å². The SMILES string of the molecule is COCc1nccc(NCC(C)Cc2ccc(C(C)(C)C)cc2)c1Cl. The van der Waals surface area contributed by atoms with Crippen LogP contribution >= 0.6 is 11.6 Å². The van der Waals surface area contributed by atoms with Crippen LogP contribution in [0.25, 0.3) is 0 Å². The molecule has 0 fully saturated rings. The Morgan fingerprint density at radius 3 is 2.44 bits per heavy atom. The van der Waals surface area contributed by atoms with Crippen molar-refractivity contribution in [3.05, 3.63) is 58.4 Å². The molecule has 0 aliphatic carbocycles. The van der Waals surface area contributed by atoms with Crippen molar-refractivity contribution in [1.82, 2.24) is 4.98 Å². The predicted octanol–water partition coefficient (Wildman–Crippen LogP) is 5.47. The van der Waals surface area contributed by atoms with Crippen molar-refractivity contribution in [3.63, 3.8) is 0 Å². The first-order valence-corrected chi connectivity index (χ1v) is 9.14. The number of methoxy groups -OCH3 is 1. The predicted molar refractivity (Wildman–Crippen MR) is 106 cm³/mol. The first-order valence-electron chi connectivity index (χ1n) is 8.77. The number of nitrogens with one attached hydrogen (secondary N) is 1. The molecule has 0 aliphatic heterocycles. The Hall–Kier alpha value is -1.58.